The van der Waals surface area contributed by atoms with Crippen molar-refractivity contribution in [1.29, 1.82) is 0 Å². The minimum absolute atomic E-state index is 0.618. The van der Waals surface area contributed by atoms with E-state index in [1.807, 2.05) is 26.0 Å². The maximum atomic E-state index is 5.50. The lowest BCUT2D eigenvalue weighted by Crippen LogP contribution is -2.38. The van der Waals surface area contributed by atoms with E-state index in [9.17, 15) is 0 Å². The molecule has 0 radical (unpaired) electrons. The van der Waals surface area contributed by atoms with E-state index in [1.165, 1.54) is 25.8 Å². The molecule has 1 N–H and O–H groups in total. The van der Waals surface area contributed by atoms with Gasteiger partial charge in [0.1, 0.15) is 5.76 Å². The Bertz CT molecular complexity index is 948. The van der Waals surface area contributed by atoms with Gasteiger partial charge in [0.25, 0.3) is 0 Å². The van der Waals surface area contributed by atoms with Gasteiger partial charge >= 0.3 is 0 Å². The smallest absolute Gasteiger partial charge is 0.223 e. The van der Waals surface area contributed by atoms with E-state index in [2.05, 4.69) is 27.3 Å². The predicted molar refractivity (Wildman–Crippen MR) is 113 cm³/mol. The van der Waals surface area contributed by atoms with E-state index in [-0.39, 0.29) is 0 Å². The molecule has 7 heteroatoms. The summed E-state index contributed by atoms with van der Waals surface area (Å²) < 4.78 is 11.0. The second-order valence-electron chi connectivity index (χ2n) is 7.84. The first-order chi connectivity index (χ1) is 14.1. The molecule has 0 amide bonds. The highest BCUT2D eigenvalue weighted by Gasteiger charge is 2.19. The van der Waals surface area contributed by atoms with Crippen molar-refractivity contribution in [2.75, 3.05) is 25.0 Å². The maximum Gasteiger partial charge on any atom is 0.223 e. The molecule has 1 fully saturated rings. The molecule has 4 heterocycles. The van der Waals surface area contributed by atoms with Gasteiger partial charge in [-0.1, -0.05) is 11.6 Å². The van der Waals surface area contributed by atoms with Crippen LogP contribution in [-0.2, 0) is 0 Å². The highest BCUT2D eigenvalue weighted by Crippen LogP contribution is 2.33. The fourth-order valence-electron chi connectivity index (χ4n) is 3.95. The molecule has 0 bridgehead atoms. The van der Waals surface area contributed by atoms with E-state index in [0.717, 1.165) is 47.8 Å². The number of rotatable bonds is 7. The maximum absolute atomic E-state index is 5.50. The molecule has 0 aliphatic carbocycles. The third kappa shape index (κ3) is 4.50. The molecule has 7 nitrogen and oxygen atoms in total. The Labute approximate surface area is 171 Å². The topological polar surface area (TPSA) is 80.2 Å². The van der Waals surface area contributed by atoms with Gasteiger partial charge in [-0.3, -0.25) is 0 Å². The third-order valence-electron chi connectivity index (χ3n) is 5.64. The first-order valence-electron chi connectivity index (χ1n) is 10.4. The van der Waals surface area contributed by atoms with Crippen LogP contribution in [-0.4, -0.2) is 45.7 Å². The van der Waals surface area contributed by atoms with Crippen LogP contribution in [0, 0.1) is 13.8 Å². The SMILES string of the molecule is Cc1cc(-c2cnc(NCCCN3CCCCC3C)nc2-c2ccoc2C)on1. The Morgan fingerprint density at radius 2 is 2.14 bits per heavy atom. The van der Waals surface area contributed by atoms with E-state index in [1.54, 1.807) is 12.5 Å². The molecule has 3 aromatic heterocycles. The molecule has 0 saturated carbocycles. The summed E-state index contributed by atoms with van der Waals surface area (Å²) in [5, 5.41) is 7.38. The van der Waals surface area contributed by atoms with Gasteiger partial charge in [0.2, 0.25) is 5.95 Å². The summed E-state index contributed by atoms with van der Waals surface area (Å²) in [7, 11) is 0. The van der Waals surface area contributed by atoms with Crippen molar-refractivity contribution < 1.29 is 8.94 Å². The summed E-state index contributed by atoms with van der Waals surface area (Å²) in [6.07, 6.45) is 8.52. The van der Waals surface area contributed by atoms with Crippen molar-refractivity contribution in [3.05, 3.63) is 36.0 Å². The van der Waals surface area contributed by atoms with Crippen LogP contribution in [0.5, 0.6) is 0 Å². The lowest BCUT2D eigenvalue weighted by molar-refractivity contribution is 0.160. The summed E-state index contributed by atoms with van der Waals surface area (Å²) in [6.45, 7) is 9.33. The van der Waals surface area contributed by atoms with Crippen LogP contribution >= 0.6 is 0 Å². The monoisotopic (exact) mass is 395 g/mol. The molecule has 1 unspecified atom stereocenters. The fraction of sp³-hybridized carbons (Fsp3) is 0.500. The summed E-state index contributed by atoms with van der Waals surface area (Å²) >= 11 is 0. The van der Waals surface area contributed by atoms with Gasteiger partial charge in [0.15, 0.2) is 5.76 Å². The van der Waals surface area contributed by atoms with E-state index in [4.69, 9.17) is 13.9 Å². The van der Waals surface area contributed by atoms with Crippen molar-refractivity contribution in [1.82, 2.24) is 20.0 Å². The normalized spacial score (nSPS) is 17.6. The van der Waals surface area contributed by atoms with Gasteiger partial charge in [0, 0.05) is 37.0 Å². The van der Waals surface area contributed by atoms with Crippen LogP contribution < -0.4 is 5.32 Å². The number of piperidine rings is 1. The van der Waals surface area contributed by atoms with Gasteiger partial charge in [-0.25, -0.2) is 9.97 Å². The molecule has 0 aromatic carbocycles. The summed E-state index contributed by atoms with van der Waals surface area (Å²) in [4.78, 5) is 11.9. The van der Waals surface area contributed by atoms with Gasteiger partial charge in [-0.05, 0) is 52.6 Å². The predicted octanol–water partition coefficient (Wildman–Crippen LogP) is 4.68. The van der Waals surface area contributed by atoms with Crippen molar-refractivity contribution in [2.45, 2.75) is 52.5 Å². The van der Waals surface area contributed by atoms with Crippen LogP contribution in [0.15, 0.2) is 33.5 Å². The minimum Gasteiger partial charge on any atom is -0.469 e. The number of nitrogens with one attached hydrogen (secondary N) is 1. The quantitative estimate of drug-likeness (QED) is 0.582. The second-order valence-corrected chi connectivity index (χ2v) is 7.84. The number of aryl methyl sites for hydroxylation is 2. The zero-order chi connectivity index (χ0) is 20.2. The number of hydrogen-bond donors (Lipinski definition) is 1. The van der Waals surface area contributed by atoms with Crippen molar-refractivity contribution in [3.8, 4) is 22.6 Å². The molecule has 1 atom stereocenters. The Kier molecular flexibility index (Phi) is 5.94. The zero-order valence-electron chi connectivity index (χ0n) is 17.4. The largest absolute Gasteiger partial charge is 0.469 e. The summed E-state index contributed by atoms with van der Waals surface area (Å²) in [6, 6.07) is 4.51. The molecule has 1 aliphatic rings. The lowest BCUT2D eigenvalue weighted by atomic mass is 10.0. The lowest BCUT2D eigenvalue weighted by Gasteiger charge is -2.33. The van der Waals surface area contributed by atoms with E-state index >= 15 is 0 Å². The van der Waals surface area contributed by atoms with E-state index < -0.39 is 0 Å². The highest BCUT2D eigenvalue weighted by atomic mass is 16.5. The molecule has 0 spiro atoms. The van der Waals surface area contributed by atoms with Gasteiger partial charge in [-0.15, -0.1) is 0 Å². The highest BCUT2D eigenvalue weighted by molar-refractivity contribution is 5.79. The van der Waals surface area contributed by atoms with Crippen LogP contribution in [0.3, 0.4) is 0 Å². The molecule has 1 aliphatic heterocycles. The van der Waals surface area contributed by atoms with Gasteiger partial charge in [-0.2, -0.15) is 0 Å². The minimum atomic E-state index is 0.618. The molecule has 154 valence electrons. The van der Waals surface area contributed by atoms with Crippen LogP contribution in [0.2, 0.25) is 0 Å². The first-order valence-corrected chi connectivity index (χ1v) is 10.4. The van der Waals surface area contributed by atoms with Crippen LogP contribution in [0.25, 0.3) is 22.6 Å². The van der Waals surface area contributed by atoms with Crippen LogP contribution in [0.1, 0.15) is 44.1 Å². The second kappa shape index (κ2) is 8.78. The molecule has 1 saturated heterocycles. The van der Waals surface area contributed by atoms with Crippen molar-refractivity contribution in [2.24, 2.45) is 0 Å². The number of nitrogens with zero attached hydrogens (tertiary/aromatic N) is 4. The average Bonchev–Trinajstić information content (AvgIpc) is 3.34. The van der Waals surface area contributed by atoms with Gasteiger partial charge < -0.3 is 19.2 Å². The number of furan rings is 1. The third-order valence-corrected chi connectivity index (χ3v) is 5.64. The Balaban J connectivity index is 1.47. The molecular formula is C22H29N5O2. The van der Waals surface area contributed by atoms with Crippen molar-refractivity contribution in [3.63, 3.8) is 0 Å². The average molecular weight is 396 g/mol. The molecule has 29 heavy (non-hydrogen) atoms. The van der Waals surface area contributed by atoms with E-state index in [0.29, 0.717) is 17.8 Å². The Morgan fingerprint density at radius 3 is 2.86 bits per heavy atom. The molecular weight excluding hydrogens is 366 g/mol. The summed E-state index contributed by atoms with van der Waals surface area (Å²) in [5.74, 6) is 2.09. The number of anilines is 1. The number of aromatic nitrogens is 3. The molecule has 4 rings (SSSR count). The molecule has 3 aromatic rings. The number of hydrogen-bond acceptors (Lipinski definition) is 7. The van der Waals surface area contributed by atoms with Crippen LogP contribution in [0.4, 0.5) is 5.95 Å². The Morgan fingerprint density at radius 1 is 1.24 bits per heavy atom. The van der Waals surface area contributed by atoms with Crippen molar-refractivity contribution >= 4 is 5.95 Å². The summed E-state index contributed by atoms with van der Waals surface area (Å²) in [5.41, 5.74) is 3.35. The standard InChI is InChI=1S/C22H29N5O2/c1-15-13-20(29-26-15)19-14-24-22(25-21(19)18-8-12-28-17(18)3)23-9-6-11-27-10-5-4-7-16(27)2/h8,12-14,16H,4-7,9-11H2,1-3H3,(H,23,24,25). The van der Waals surface area contributed by atoms with Gasteiger partial charge in [0.05, 0.1) is 23.2 Å². The number of likely N-dealkylation sites (tertiary alicyclic amines) is 1. The zero-order valence-corrected chi connectivity index (χ0v) is 17.4. The Hall–Kier alpha value is -2.67. The first kappa shape index (κ1) is 19.6. The fourth-order valence-corrected chi connectivity index (χ4v) is 3.95.